The molecule has 0 spiro atoms. The van der Waals surface area contributed by atoms with Crippen molar-refractivity contribution in [3.05, 3.63) is 36.0 Å². The molecule has 2 amide bonds. The van der Waals surface area contributed by atoms with Gasteiger partial charge in [-0.1, -0.05) is 12.1 Å². The number of hydrogen-bond acceptors (Lipinski definition) is 4. The van der Waals surface area contributed by atoms with Gasteiger partial charge >= 0.3 is 12.2 Å². The molecule has 1 aromatic carbocycles. The number of halogens is 3. The molecule has 26 heavy (non-hydrogen) atoms. The molecule has 1 atom stereocenters. The Bertz CT molecular complexity index is 759. The van der Waals surface area contributed by atoms with Crippen LogP contribution in [0.2, 0.25) is 0 Å². The molecular formula is C16H19F3N4O3. The summed E-state index contributed by atoms with van der Waals surface area (Å²) in [4.78, 5) is 13.2. The number of hydrogen-bond donors (Lipinski definition) is 3. The highest BCUT2D eigenvalue weighted by molar-refractivity contribution is 5.89. The fourth-order valence-corrected chi connectivity index (χ4v) is 2.28. The van der Waals surface area contributed by atoms with E-state index in [1.165, 1.54) is 19.0 Å². The normalized spacial score (nSPS) is 12.7. The van der Waals surface area contributed by atoms with Crippen molar-refractivity contribution >= 4 is 11.7 Å². The Morgan fingerprint density at radius 1 is 1.35 bits per heavy atom. The molecule has 0 aliphatic carbocycles. The van der Waals surface area contributed by atoms with Crippen molar-refractivity contribution in [3.8, 4) is 11.3 Å². The number of urea groups is 1. The summed E-state index contributed by atoms with van der Waals surface area (Å²) in [6.45, 7) is -0.507. The summed E-state index contributed by atoms with van der Waals surface area (Å²) in [7, 11) is 2.87. The van der Waals surface area contributed by atoms with Crippen molar-refractivity contribution in [2.24, 2.45) is 7.05 Å². The van der Waals surface area contributed by atoms with Crippen molar-refractivity contribution in [2.45, 2.75) is 12.3 Å². The molecule has 1 heterocycles. The van der Waals surface area contributed by atoms with Gasteiger partial charge in [0.1, 0.15) is 0 Å². The molecular weight excluding hydrogens is 353 g/mol. The molecule has 0 aliphatic rings. The minimum Gasteiger partial charge on any atom is -0.394 e. The van der Waals surface area contributed by atoms with E-state index in [9.17, 15) is 23.1 Å². The highest BCUT2D eigenvalue weighted by Crippen LogP contribution is 2.31. The Labute approximate surface area is 147 Å². The van der Waals surface area contributed by atoms with Gasteiger partial charge in [-0.15, -0.1) is 0 Å². The van der Waals surface area contributed by atoms with E-state index < -0.39 is 30.6 Å². The summed E-state index contributed by atoms with van der Waals surface area (Å²) >= 11 is 0. The summed E-state index contributed by atoms with van der Waals surface area (Å²) in [5.41, 5.74) is 0.259. The number of alkyl halides is 3. The van der Waals surface area contributed by atoms with Crippen LogP contribution in [0.4, 0.5) is 23.7 Å². The van der Waals surface area contributed by atoms with E-state index in [0.717, 1.165) is 10.7 Å². The standard InChI is InChI=1S/C16H19F3N4O3/c1-22(8-12(25)9-24)15(26)20-11-5-3-10(4-6-11)13-7-14(16(17,18)19)21-23(13)2/h3-7,12,24-25H,8-9H2,1-2H3,(H,20,26)/t12-/m1/s1. The van der Waals surface area contributed by atoms with Crippen molar-refractivity contribution in [3.63, 3.8) is 0 Å². The highest BCUT2D eigenvalue weighted by atomic mass is 19.4. The predicted molar refractivity (Wildman–Crippen MR) is 88.4 cm³/mol. The number of likely N-dealkylation sites (N-methyl/N-ethyl adjacent to an activating group) is 1. The Hall–Kier alpha value is -2.59. The quantitative estimate of drug-likeness (QED) is 0.748. The van der Waals surface area contributed by atoms with Crippen LogP contribution >= 0.6 is 0 Å². The van der Waals surface area contributed by atoms with Crippen LogP contribution in [0.5, 0.6) is 0 Å². The van der Waals surface area contributed by atoms with Gasteiger partial charge in [0, 0.05) is 19.8 Å². The lowest BCUT2D eigenvalue weighted by Gasteiger charge is -2.20. The predicted octanol–water partition coefficient (Wildman–Crippen LogP) is 1.92. The van der Waals surface area contributed by atoms with Gasteiger partial charge in [0.2, 0.25) is 0 Å². The van der Waals surface area contributed by atoms with Crippen LogP contribution in [0, 0.1) is 0 Å². The van der Waals surface area contributed by atoms with E-state index in [0.29, 0.717) is 16.9 Å². The first-order valence-corrected chi connectivity index (χ1v) is 7.64. The minimum atomic E-state index is -4.52. The van der Waals surface area contributed by atoms with Crippen molar-refractivity contribution < 1.29 is 28.2 Å². The minimum absolute atomic E-state index is 0.0460. The SMILES string of the molecule is CN(C[C@@H](O)CO)C(=O)Nc1ccc(-c2cc(C(F)(F)F)nn2C)cc1. The number of carbonyl (C=O) groups is 1. The third kappa shape index (κ3) is 4.73. The second-order valence-corrected chi connectivity index (χ2v) is 5.76. The molecule has 2 aromatic rings. The van der Waals surface area contributed by atoms with Gasteiger partial charge < -0.3 is 20.4 Å². The van der Waals surface area contributed by atoms with E-state index >= 15 is 0 Å². The molecule has 142 valence electrons. The molecule has 0 radical (unpaired) electrons. The van der Waals surface area contributed by atoms with E-state index in [4.69, 9.17) is 5.11 Å². The van der Waals surface area contributed by atoms with Crippen molar-refractivity contribution in [1.29, 1.82) is 0 Å². The van der Waals surface area contributed by atoms with Crippen molar-refractivity contribution in [1.82, 2.24) is 14.7 Å². The van der Waals surface area contributed by atoms with Gasteiger partial charge in [-0.25, -0.2) is 4.79 Å². The zero-order chi connectivity index (χ0) is 19.5. The molecule has 0 unspecified atom stereocenters. The van der Waals surface area contributed by atoms with E-state index in [-0.39, 0.29) is 6.54 Å². The molecule has 0 saturated heterocycles. The number of aliphatic hydroxyl groups is 2. The number of anilines is 1. The summed E-state index contributed by atoms with van der Waals surface area (Å²) < 4.78 is 39.3. The zero-order valence-electron chi connectivity index (χ0n) is 14.2. The van der Waals surface area contributed by atoms with Gasteiger partial charge in [-0.2, -0.15) is 18.3 Å². The number of aryl methyl sites for hydroxylation is 1. The molecule has 2 rings (SSSR count). The first kappa shape index (κ1) is 19.7. The van der Waals surface area contributed by atoms with Crippen LogP contribution in [-0.4, -0.2) is 57.2 Å². The number of nitrogens with zero attached hydrogens (tertiary/aromatic N) is 3. The molecule has 3 N–H and O–H groups in total. The van der Waals surface area contributed by atoms with Gasteiger partial charge in [0.15, 0.2) is 5.69 Å². The maximum absolute atomic E-state index is 12.7. The lowest BCUT2D eigenvalue weighted by Crippen LogP contribution is -2.38. The average Bonchev–Trinajstić information content (AvgIpc) is 2.97. The highest BCUT2D eigenvalue weighted by Gasteiger charge is 2.34. The van der Waals surface area contributed by atoms with Gasteiger partial charge in [0.05, 0.1) is 24.9 Å². The third-order valence-corrected chi connectivity index (χ3v) is 3.64. The maximum Gasteiger partial charge on any atom is 0.435 e. The molecule has 0 fully saturated rings. The second-order valence-electron chi connectivity index (χ2n) is 5.76. The summed E-state index contributed by atoms with van der Waals surface area (Å²) in [5, 5.41) is 24.2. The Morgan fingerprint density at radius 2 is 1.96 bits per heavy atom. The monoisotopic (exact) mass is 372 g/mol. The Morgan fingerprint density at radius 3 is 2.46 bits per heavy atom. The topological polar surface area (TPSA) is 90.6 Å². The lowest BCUT2D eigenvalue weighted by molar-refractivity contribution is -0.141. The number of aromatic nitrogens is 2. The number of rotatable bonds is 5. The largest absolute Gasteiger partial charge is 0.435 e. The molecule has 7 nitrogen and oxygen atoms in total. The number of carbonyl (C=O) groups excluding carboxylic acids is 1. The fraction of sp³-hybridized carbons (Fsp3) is 0.375. The molecule has 1 aromatic heterocycles. The van der Waals surface area contributed by atoms with E-state index in [2.05, 4.69) is 10.4 Å². The number of amides is 2. The van der Waals surface area contributed by atoms with Gasteiger partial charge in [-0.3, -0.25) is 4.68 Å². The number of aliphatic hydroxyl groups excluding tert-OH is 2. The van der Waals surface area contributed by atoms with Gasteiger partial charge in [0.25, 0.3) is 0 Å². The van der Waals surface area contributed by atoms with E-state index in [1.54, 1.807) is 24.3 Å². The molecule has 10 heteroatoms. The summed E-state index contributed by atoms with van der Waals surface area (Å²) in [5.74, 6) is 0. The van der Waals surface area contributed by atoms with Crippen LogP contribution in [0.3, 0.4) is 0 Å². The van der Waals surface area contributed by atoms with E-state index in [1.807, 2.05) is 0 Å². The third-order valence-electron chi connectivity index (χ3n) is 3.64. The van der Waals surface area contributed by atoms with Gasteiger partial charge in [-0.05, 0) is 23.8 Å². The second kappa shape index (κ2) is 7.75. The number of benzene rings is 1. The van der Waals surface area contributed by atoms with Crippen LogP contribution in [-0.2, 0) is 13.2 Å². The molecule has 0 aliphatic heterocycles. The smallest absolute Gasteiger partial charge is 0.394 e. The van der Waals surface area contributed by atoms with Crippen LogP contribution in [0.25, 0.3) is 11.3 Å². The summed E-state index contributed by atoms with van der Waals surface area (Å²) in [6, 6.07) is 6.68. The van der Waals surface area contributed by atoms with Crippen LogP contribution < -0.4 is 5.32 Å². The zero-order valence-corrected chi connectivity index (χ0v) is 14.2. The Balaban J connectivity index is 2.09. The number of nitrogens with one attached hydrogen (secondary N) is 1. The first-order valence-electron chi connectivity index (χ1n) is 7.64. The Kier molecular flexibility index (Phi) is 5.88. The van der Waals surface area contributed by atoms with Crippen LogP contribution in [0.1, 0.15) is 5.69 Å². The first-order chi connectivity index (χ1) is 12.1. The molecule has 0 bridgehead atoms. The molecule has 0 saturated carbocycles. The average molecular weight is 372 g/mol. The van der Waals surface area contributed by atoms with Crippen LogP contribution in [0.15, 0.2) is 30.3 Å². The van der Waals surface area contributed by atoms with Crippen molar-refractivity contribution in [2.75, 3.05) is 25.5 Å². The maximum atomic E-state index is 12.7. The summed E-state index contributed by atoms with van der Waals surface area (Å²) in [6.07, 6.45) is -5.56. The fourth-order valence-electron chi connectivity index (χ4n) is 2.28. The lowest BCUT2D eigenvalue weighted by atomic mass is 10.1.